The lowest BCUT2D eigenvalue weighted by Crippen LogP contribution is -2.40. The van der Waals surface area contributed by atoms with Crippen molar-refractivity contribution in [2.24, 2.45) is 0 Å². The molecule has 0 radical (unpaired) electrons. The molecule has 1 atom stereocenters. The minimum absolute atomic E-state index is 0.356. The van der Waals surface area contributed by atoms with E-state index in [-0.39, 0.29) is 0 Å². The Hall–Kier alpha value is -1.55. The van der Waals surface area contributed by atoms with Crippen molar-refractivity contribution in [2.75, 3.05) is 24.6 Å². The molecular formula is C15H21N3O. The number of ether oxygens (including phenoxy) is 1. The van der Waals surface area contributed by atoms with Crippen LogP contribution in [0.2, 0.25) is 0 Å². The standard InChI is InChI=1S/C15H21N3O/c1-2-10-19-13-4-3-9-18(11-13)14-6-5-12-7-8-16-15(12)17-14/h5-8,13H,2-4,9-11H2,1H3,(H,16,17). The van der Waals surface area contributed by atoms with Crippen LogP contribution in [0.15, 0.2) is 24.4 Å². The number of rotatable bonds is 4. The molecule has 2 aromatic rings. The summed E-state index contributed by atoms with van der Waals surface area (Å²) in [6, 6.07) is 6.29. The van der Waals surface area contributed by atoms with E-state index >= 15 is 0 Å². The van der Waals surface area contributed by atoms with Gasteiger partial charge in [0, 0.05) is 31.3 Å². The average molecular weight is 259 g/mol. The maximum Gasteiger partial charge on any atom is 0.139 e. The van der Waals surface area contributed by atoms with Gasteiger partial charge < -0.3 is 14.6 Å². The van der Waals surface area contributed by atoms with Crippen molar-refractivity contribution in [2.45, 2.75) is 32.3 Å². The maximum atomic E-state index is 5.88. The van der Waals surface area contributed by atoms with Gasteiger partial charge in [-0.2, -0.15) is 0 Å². The normalized spacial score (nSPS) is 20.1. The van der Waals surface area contributed by atoms with E-state index in [4.69, 9.17) is 4.74 Å². The zero-order chi connectivity index (χ0) is 13.1. The molecule has 1 unspecified atom stereocenters. The predicted molar refractivity (Wildman–Crippen MR) is 77.6 cm³/mol. The van der Waals surface area contributed by atoms with E-state index in [1.807, 2.05) is 6.20 Å². The number of aromatic nitrogens is 2. The number of aromatic amines is 1. The van der Waals surface area contributed by atoms with Crippen LogP contribution in [0.1, 0.15) is 26.2 Å². The fourth-order valence-electron chi connectivity index (χ4n) is 2.66. The number of hydrogen-bond donors (Lipinski definition) is 1. The van der Waals surface area contributed by atoms with Crippen LogP contribution in [0.25, 0.3) is 11.0 Å². The van der Waals surface area contributed by atoms with E-state index in [1.165, 1.54) is 18.2 Å². The Morgan fingerprint density at radius 3 is 3.26 bits per heavy atom. The Bertz CT molecular complexity index is 537. The van der Waals surface area contributed by atoms with Crippen LogP contribution >= 0.6 is 0 Å². The summed E-state index contributed by atoms with van der Waals surface area (Å²) in [6.45, 7) is 5.05. The molecule has 102 valence electrons. The number of nitrogens with zero attached hydrogens (tertiary/aromatic N) is 2. The first-order chi connectivity index (χ1) is 9.36. The quantitative estimate of drug-likeness (QED) is 0.917. The molecule has 0 aromatic carbocycles. The second kappa shape index (κ2) is 5.61. The zero-order valence-corrected chi connectivity index (χ0v) is 11.4. The van der Waals surface area contributed by atoms with E-state index in [0.29, 0.717) is 6.10 Å². The molecule has 0 amide bonds. The fraction of sp³-hybridized carbons (Fsp3) is 0.533. The monoisotopic (exact) mass is 259 g/mol. The summed E-state index contributed by atoms with van der Waals surface area (Å²) < 4.78 is 5.88. The highest BCUT2D eigenvalue weighted by Crippen LogP contribution is 2.22. The topological polar surface area (TPSA) is 41.1 Å². The Morgan fingerprint density at radius 1 is 1.42 bits per heavy atom. The summed E-state index contributed by atoms with van der Waals surface area (Å²) in [5.41, 5.74) is 0.967. The highest BCUT2D eigenvalue weighted by atomic mass is 16.5. The van der Waals surface area contributed by atoms with Gasteiger partial charge in [0.1, 0.15) is 11.5 Å². The van der Waals surface area contributed by atoms with Gasteiger partial charge in [0.25, 0.3) is 0 Å². The van der Waals surface area contributed by atoms with Gasteiger partial charge in [-0.1, -0.05) is 6.92 Å². The van der Waals surface area contributed by atoms with Gasteiger partial charge in [-0.3, -0.25) is 0 Å². The van der Waals surface area contributed by atoms with Gasteiger partial charge in [-0.25, -0.2) is 4.98 Å². The molecule has 0 aliphatic carbocycles. The Kier molecular flexibility index (Phi) is 3.69. The molecule has 0 bridgehead atoms. The summed E-state index contributed by atoms with van der Waals surface area (Å²) >= 11 is 0. The minimum atomic E-state index is 0.356. The minimum Gasteiger partial charge on any atom is -0.376 e. The first kappa shape index (κ1) is 12.5. The van der Waals surface area contributed by atoms with Gasteiger partial charge >= 0.3 is 0 Å². The average Bonchev–Trinajstić information content (AvgIpc) is 2.92. The van der Waals surface area contributed by atoms with E-state index < -0.39 is 0 Å². The van der Waals surface area contributed by atoms with Crippen LogP contribution in [0.4, 0.5) is 5.82 Å². The molecule has 1 N–H and O–H groups in total. The van der Waals surface area contributed by atoms with Crippen LogP contribution in [0.5, 0.6) is 0 Å². The Balaban J connectivity index is 1.73. The third-order valence-electron chi connectivity index (χ3n) is 3.65. The molecule has 19 heavy (non-hydrogen) atoms. The van der Waals surface area contributed by atoms with Gasteiger partial charge in [-0.05, 0) is 37.5 Å². The molecule has 3 heterocycles. The molecule has 0 spiro atoms. The first-order valence-corrected chi connectivity index (χ1v) is 7.17. The molecule has 4 nitrogen and oxygen atoms in total. The number of pyridine rings is 1. The molecule has 4 heteroatoms. The van der Waals surface area contributed by atoms with Crippen molar-refractivity contribution in [3.63, 3.8) is 0 Å². The second-order valence-electron chi connectivity index (χ2n) is 5.17. The summed E-state index contributed by atoms with van der Waals surface area (Å²) in [4.78, 5) is 10.2. The number of hydrogen-bond acceptors (Lipinski definition) is 3. The molecule has 0 saturated carbocycles. The van der Waals surface area contributed by atoms with E-state index in [2.05, 4.69) is 40.0 Å². The molecule has 1 fully saturated rings. The maximum absolute atomic E-state index is 5.88. The number of H-pyrrole nitrogens is 1. The molecule has 1 saturated heterocycles. The van der Waals surface area contributed by atoms with Crippen molar-refractivity contribution in [1.82, 2.24) is 9.97 Å². The number of anilines is 1. The van der Waals surface area contributed by atoms with E-state index in [1.54, 1.807) is 0 Å². The number of fused-ring (bicyclic) bond motifs is 1. The van der Waals surface area contributed by atoms with Crippen molar-refractivity contribution >= 4 is 16.9 Å². The molecule has 1 aliphatic heterocycles. The van der Waals surface area contributed by atoms with E-state index in [0.717, 1.165) is 37.6 Å². The molecule has 2 aromatic heterocycles. The third-order valence-corrected chi connectivity index (χ3v) is 3.65. The summed E-state index contributed by atoms with van der Waals surface area (Å²) in [5.74, 6) is 1.06. The summed E-state index contributed by atoms with van der Waals surface area (Å²) in [7, 11) is 0. The summed E-state index contributed by atoms with van der Waals surface area (Å²) in [6.07, 6.45) is 5.73. The van der Waals surface area contributed by atoms with Crippen molar-refractivity contribution in [1.29, 1.82) is 0 Å². The van der Waals surface area contributed by atoms with Gasteiger partial charge in [0.15, 0.2) is 0 Å². The van der Waals surface area contributed by atoms with Crippen LogP contribution < -0.4 is 4.90 Å². The summed E-state index contributed by atoms with van der Waals surface area (Å²) in [5, 5.41) is 1.17. The van der Waals surface area contributed by atoms with Crippen LogP contribution in [0, 0.1) is 0 Å². The highest BCUT2D eigenvalue weighted by Gasteiger charge is 2.21. The van der Waals surface area contributed by atoms with Crippen molar-refractivity contribution < 1.29 is 4.74 Å². The van der Waals surface area contributed by atoms with Crippen molar-refractivity contribution in [3.05, 3.63) is 24.4 Å². The van der Waals surface area contributed by atoms with Crippen LogP contribution in [0.3, 0.4) is 0 Å². The van der Waals surface area contributed by atoms with Crippen LogP contribution in [-0.2, 0) is 4.74 Å². The Labute approximate surface area is 113 Å². The molecule has 3 rings (SSSR count). The molecule has 1 aliphatic rings. The Morgan fingerprint density at radius 2 is 2.37 bits per heavy atom. The molecular weight excluding hydrogens is 238 g/mol. The van der Waals surface area contributed by atoms with Crippen molar-refractivity contribution in [3.8, 4) is 0 Å². The highest BCUT2D eigenvalue weighted by molar-refractivity contribution is 5.77. The largest absolute Gasteiger partial charge is 0.376 e. The lowest BCUT2D eigenvalue weighted by molar-refractivity contribution is 0.0439. The van der Waals surface area contributed by atoms with Gasteiger partial charge in [0.05, 0.1) is 6.10 Å². The zero-order valence-electron chi connectivity index (χ0n) is 11.4. The fourth-order valence-corrected chi connectivity index (χ4v) is 2.66. The predicted octanol–water partition coefficient (Wildman–Crippen LogP) is 2.96. The SMILES string of the molecule is CCCOC1CCCN(c2ccc3cc[nH]c3n2)C1. The lowest BCUT2D eigenvalue weighted by atomic mass is 10.1. The second-order valence-corrected chi connectivity index (χ2v) is 5.17. The third kappa shape index (κ3) is 2.73. The number of nitrogens with one attached hydrogen (secondary N) is 1. The number of piperidine rings is 1. The van der Waals surface area contributed by atoms with E-state index in [9.17, 15) is 0 Å². The smallest absolute Gasteiger partial charge is 0.139 e. The van der Waals surface area contributed by atoms with Gasteiger partial charge in [-0.15, -0.1) is 0 Å². The lowest BCUT2D eigenvalue weighted by Gasteiger charge is -2.33. The first-order valence-electron chi connectivity index (χ1n) is 7.17. The van der Waals surface area contributed by atoms with Crippen LogP contribution in [-0.4, -0.2) is 35.8 Å². The van der Waals surface area contributed by atoms with Gasteiger partial charge in [0.2, 0.25) is 0 Å².